The van der Waals surface area contributed by atoms with Gasteiger partial charge in [0, 0.05) is 37.5 Å². The van der Waals surface area contributed by atoms with Gasteiger partial charge in [-0.25, -0.2) is 0 Å². The largest absolute Gasteiger partial charge is 0.457 e. The lowest BCUT2D eigenvalue weighted by Crippen LogP contribution is -2.35. The van der Waals surface area contributed by atoms with E-state index in [-0.39, 0.29) is 27.8 Å². The molecule has 2 N–H and O–H groups in total. The van der Waals surface area contributed by atoms with Gasteiger partial charge < -0.3 is 19.8 Å². The summed E-state index contributed by atoms with van der Waals surface area (Å²) in [7, 11) is 1.54. The molecule has 0 spiro atoms. The lowest BCUT2D eigenvalue weighted by atomic mass is 10.1. The normalized spacial score (nSPS) is 11.9. The zero-order chi connectivity index (χ0) is 26.3. The second-order valence-corrected chi connectivity index (χ2v) is 8.28. The number of aryl methyl sites for hydroxylation is 1. The summed E-state index contributed by atoms with van der Waals surface area (Å²) in [5, 5.41) is 5.33. The zero-order valence-corrected chi connectivity index (χ0v) is 20.3. The fraction of sp³-hybridized carbons (Fsp3) is 0.231. The Bertz CT molecular complexity index is 1250. The lowest BCUT2D eigenvalue weighted by molar-refractivity contribution is -0.137. The average molecular weight is 521 g/mol. The summed E-state index contributed by atoms with van der Waals surface area (Å²) in [6, 6.07) is 12.6. The molecule has 6 nitrogen and oxygen atoms in total. The van der Waals surface area contributed by atoms with E-state index >= 15 is 0 Å². The molecule has 0 atom stereocenters. The number of benzene rings is 2. The molecule has 0 unspecified atom stereocenters. The Balaban J connectivity index is 1.89. The summed E-state index contributed by atoms with van der Waals surface area (Å²) < 4.78 is 50.0. The van der Waals surface area contributed by atoms with Crippen LogP contribution in [0.2, 0.25) is 5.02 Å². The topological polar surface area (TPSA) is 80.6 Å². The molecule has 0 aliphatic rings. The maximum atomic E-state index is 13.1. The predicted molar refractivity (Wildman–Crippen MR) is 130 cm³/mol. The molecule has 1 heterocycles. The minimum Gasteiger partial charge on any atom is -0.457 e. The third-order valence-corrected chi connectivity index (χ3v) is 5.42. The van der Waals surface area contributed by atoms with Crippen LogP contribution in [0.5, 0.6) is 0 Å². The molecule has 2 amide bonds. The molecule has 190 valence electrons. The van der Waals surface area contributed by atoms with Gasteiger partial charge in [0.1, 0.15) is 17.2 Å². The van der Waals surface area contributed by atoms with E-state index in [0.717, 1.165) is 23.8 Å². The van der Waals surface area contributed by atoms with Crippen LogP contribution in [-0.4, -0.2) is 32.1 Å². The van der Waals surface area contributed by atoms with E-state index in [0.29, 0.717) is 25.1 Å². The SMILES string of the molecule is COCCCNC(=O)C(=Cc1ccc(-c2cc(C(F)(F)F)ccc2Cl)o1)NC(=O)c1ccc(C)cc1. The van der Waals surface area contributed by atoms with Crippen LogP contribution in [0.15, 0.2) is 64.7 Å². The van der Waals surface area contributed by atoms with Crippen molar-refractivity contribution in [3.8, 4) is 11.3 Å². The highest BCUT2D eigenvalue weighted by Crippen LogP contribution is 2.36. The van der Waals surface area contributed by atoms with Gasteiger partial charge in [0.15, 0.2) is 0 Å². The van der Waals surface area contributed by atoms with Gasteiger partial charge in [0.2, 0.25) is 0 Å². The van der Waals surface area contributed by atoms with Crippen molar-refractivity contribution in [3.05, 3.63) is 87.8 Å². The van der Waals surface area contributed by atoms with Crippen LogP contribution >= 0.6 is 11.6 Å². The molecule has 0 radical (unpaired) electrons. The number of furan rings is 1. The van der Waals surface area contributed by atoms with Gasteiger partial charge in [-0.2, -0.15) is 13.2 Å². The molecule has 1 aromatic heterocycles. The Labute approximate surface area is 211 Å². The summed E-state index contributed by atoms with van der Waals surface area (Å²) in [5.41, 5.74) is 0.371. The van der Waals surface area contributed by atoms with Crippen LogP contribution in [0.1, 0.15) is 33.7 Å². The Morgan fingerprint density at radius 1 is 1.08 bits per heavy atom. The van der Waals surface area contributed by atoms with Crippen LogP contribution in [0.3, 0.4) is 0 Å². The van der Waals surface area contributed by atoms with Crippen molar-refractivity contribution in [1.82, 2.24) is 10.6 Å². The molecule has 0 saturated carbocycles. The van der Waals surface area contributed by atoms with E-state index in [1.165, 1.54) is 18.2 Å². The predicted octanol–water partition coefficient (Wildman–Crippen LogP) is 5.85. The Morgan fingerprint density at radius 2 is 1.81 bits per heavy atom. The molecule has 36 heavy (non-hydrogen) atoms. The van der Waals surface area contributed by atoms with Crippen molar-refractivity contribution < 1.29 is 31.9 Å². The van der Waals surface area contributed by atoms with Crippen molar-refractivity contribution in [2.75, 3.05) is 20.3 Å². The fourth-order valence-corrected chi connectivity index (χ4v) is 3.39. The summed E-state index contributed by atoms with van der Waals surface area (Å²) in [5.74, 6) is -0.880. The number of halogens is 4. The van der Waals surface area contributed by atoms with Crippen molar-refractivity contribution in [3.63, 3.8) is 0 Å². The second-order valence-electron chi connectivity index (χ2n) is 7.87. The first-order chi connectivity index (χ1) is 17.1. The fourth-order valence-electron chi connectivity index (χ4n) is 3.18. The molecule has 10 heteroatoms. The Morgan fingerprint density at radius 3 is 2.47 bits per heavy atom. The maximum Gasteiger partial charge on any atom is 0.416 e. The van der Waals surface area contributed by atoms with Gasteiger partial charge in [-0.05, 0) is 55.8 Å². The highest BCUT2D eigenvalue weighted by Gasteiger charge is 2.31. The second kappa shape index (κ2) is 11.9. The third-order valence-electron chi connectivity index (χ3n) is 5.09. The number of hydrogen-bond acceptors (Lipinski definition) is 4. The van der Waals surface area contributed by atoms with Crippen molar-refractivity contribution in [2.45, 2.75) is 19.5 Å². The van der Waals surface area contributed by atoms with E-state index in [2.05, 4.69) is 10.6 Å². The number of nitrogens with one attached hydrogen (secondary N) is 2. The first kappa shape index (κ1) is 27.0. The van der Waals surface area contributed by atoms with Crippen LogP contribution < -0.4 is 10.6 Å². The van der Waals surface area contributed by atoms with Gasteiger partial charge in [-0.3, -0.25) is 9.59 Å². The van der Waals surface area contributed by atoms with Crippen LogP contribution in [0, 0.1) is 6.92 Å². The first-order valence-corrected chi connectivity index (χ1v) is 11.3. The van der Waals surface area contributed by atoms with Crippen LogP contribution in [-0.2, 0) is 15.7 Å². The lowest BCUT2D eigenvalue weighted by Gasteiger charge is -2.11. The molecule has 0 bridgehead atoms. The smallest absolute Gasteiger partial charge is 0.416 e. The molecule has 2 aromatic carbocycles. The average Bonchev–Trinajstić information content (AvgIpc) is 3.29. The number of amides is 2. The van der Waals surface area contributed by atoms with Crippen molar-refractivity contribution in [2.24, 2.45) is 0 Å². The number of hydrogen-bond donors (Lipinski definition) is 2. The standard InChI is InChI=1S/C26H24ClF3N2O4/c1-16-4-6-17(7-5-16)24(33)32-22(25(34)31-12-3-13-35-2)15-19-9-11-23(36-19)20-14-18(26(28,29)30)8-10-21(20)27/h4-11,14-15H,3,12-13H2,1-2H3,(H,31,34)(H,32,33). The number of alkyl halides is 3. The van der Waals surface area contributed by atoms with E-state index < -0.39 is 23.6 Å². The summed E-state index contributed by atoms with van der Waals surface area (Å²) >= 11 is 6.10. The summed E-state index contributed by atoms with van der Waals surface area (Å²) in [6.45, 7) is 2.62. The minimum atomic E-state index is -4.55. The monoisotopic (exact) mass is 520 g/mol. The van der Waals surface area contributed by atoms with Gasteiger partial charge in [0.05, 0.1) is 10.6 Å². The Kier molecular flexibility index (Phi) is 8.95. The number of ether oxygens (including phenoxy) is 1. The molecule has 0 fully saturated rings. The molecule has 3 aromatic rings. The molecule has 0 saturated heterocycles. The maximum absolute atomic E-state index is 13.1. The van der Waals surface area contributed by atoms with Gasteiger partial charge in [0.25, 0.3) is 11.8 Å². The summed E-state index contributed by atoms with van der Waals surface area (Å²) in [6.07, 6.45) is -2.70. The van der Waals surface area contributed by atoms with E-state index in [1.807, 2.05) is 6.92 Å². The molecule has 3 rings (SSSR count). The minimum absolute atomic E-state index is 0.0420. The molecule has 0 aliphatic heterocycles. The number of carbonyl (C=O) groups is 2. The van der Waals surface area contributed by atoms with Gasteiger partial charge in [-0.15, -0.1) is 0 Å². The number of carbonyl (C=O) groups excluding carboxylic acids is 2. The van der Waals surface area contributed by atoms with E-state index in [4.69, 9.17) is 20.8 Å². The van der Waals surface area contributed by atoms with Crippen LogP contribution in [0.25, 0.3) is 17.4 Å². The van der Waals surface area contributed by atoms with Gasteiger partial charge in [-0.1, -0.05) is 29.3 Å². The highest BCUT2D eigenvalue weighted by atomic mass is 35.5. The van der Waals surface area contributed by atoms with Crippen molar-refractivity contribution in [1.29, 1.82) is 0 Å². The van der Waals surface area contributed by atoms with Crippen molar-refractivity contribution >= 4 is 29.5 Å². The third kappa shape index (κ3) is 7.22. The molecular formula is C26H24ClF3N2O4. The quantitative estimate of drug-likeness (QED) is 0.274. The molecular weight excluding hydrogens is 497 g/mol. The zero-order valence-electron chi connectivity index (χ0n) is 19.5. The highest BCUT2D eigenvalue weighted by molar-refractivity contribution is 6.33. The van der Waals surface area contributed by atoms with E-state index in [1.54, 1.807) is 31.4 Å². The number of methoxy groups -OCH3 is 1. The Hall–Kier alpha value is -3.56. The van der Waals surface area contributed by atoms with Gasteiger partial charge >= 0.3 is 6.18 Å². The van der Waals surface area contributed by atoms with Crippen LogP contribution in [0.4, 0.5) is 13.2 Å². The summed E-state index contributed by atoms with van der Waals surface area (Å²) in [4.78, 5) is 25.5. The first-order valence-electron chi connectivity index (χ1n) is 10.9. The number of rotatable bonds is 9. The van der Waals surface area contributed by atoms with E-state index in [9.17, 15) is 22.8 Å². The molecule has 0 aliphatic carbocycles.